The van der Waals surface area contributed by atoms with Gasteiger partial charge in [-0.3, -0.25) is 24.2 Å². The molecule has 164 valence electrons. The molecule has 2 aromatic rings. The molecule has 3 heterocycles. The van der Waals surface area contributed by atoms with Gasteiger partial charge in [0.05, 0.1) is 16.7 Å². The molecule has 1 fully saturated rings. The number of aliphatic hydroxyl groups is 1. The molecule has 0 aromatic heterocycles. The third-order valence-corrected chi connectivity index (χ3v) is 7.49. The van der Waals surface area contributed by atoms with Crippen molar-refractivity contribution in [1.82, 2.24) is 4.90 Å². The number of para-hydroxylation sites is 2. The molecule has 0 bridgehead atoms. The molecule has 7 heteroatoms. The number of anilines is 2. The lowest BCUT2D eigenvalue weighted by Gasteiger charge is -2.44. The molecule has 3 amide bonds. The first-order chi connectivity index (χ1) is 15.1. The van der Waals surface area contributed by atoms with Crippen LogP contribution in [0, 0.1) is 5.41 Å². The van der Waals surface area contributed by atoms with Gasteiger partial charge in [0.25, 0.3) is 11.8 Å². The van der Waals surface area contributed by atoms with Crippen LogP contribution >= 0.6 is 0 Å². The van der Waals surface area contributed by atoms with E-state index < -0.39 is 34.5 Å². The van der Waals surface area contributed by atoms with Crippen LogP contribution in [0.5, 0.6) is 0 Å². The highest BCUT2D eigenvalue weighted by Crippen LogP contribution is 2.64. The summed E-state index contributed by atoms with van der Waals surface area (Å²) in [6.45, 7) is 9.37. The first-order valence-electron chi connectivity index (χ1n) is 10.6. The van der Waals surface area contributed by atoms with Crippen molar-refractivity contribution in [2.75, 3.05) is 10.2 Å². The molecule has 1 saturated heterocycles. The van der Waals surface area contributed by atoms with Crippen LogP contribution in [-0.2, 0) is 15.0 Å². The van der Waals surface area contributed by atoms with Crippen molar-refractivity contribution < 1.29 is 19.5 Å². The van der Waals surface area contributed by atoms with Gasteiger partial charge >= 0.3 is 0 Å². The van der Waals surface area contributed by atoms with Crippen molar-refractivity contribution >= 4 is 29.1 Å². The number of allylic oxidation sites excluding steroid dienone is 1. The maximum Gasteiger partial charge on any atom is 0.277 e. The zero-order valence-corrected chi connectivity index (χ0v) is 18.3. The Balaban J connectivity index is 1.86. The first-order valence-corrected chi connectivity index (χ1v) is 10.6. The standard InChI is InChI=1S/C25H25N3O4/c1-5-23(3,4)24-14-25(32)21(31)26-18-12-8-6-10-16(18)20(30)28(25)22(24)27(15(2)29)19-13-9-7-11-17(19)24/h5-13,22,32H,1,14H2,2-4H3,(H,26,31). The Hall–Kier alpha value is -3.45. The number of nitrogens with one attached hydrogen (secondary N) is 1. The molecule has 7 nitrogen and oxygen atoms in total. The second-order valence-electron chi connectivity index (χ2n) is 9.35. The van der Waals surface area contributed by atoms with Gasteiger partial charge in [-0.1, -0.05) is 50.3 Å². The average Bonchev–Trinajstić information content (AvgIpc) is 3.18. The predicted octanol–water partition coefficient (Wildman–Crippen LogP) is 3.02. The van der Waals surface area contributed by atoms with Crippen molar-refractivity contribution in [3.8, 4) is 0 Å². The Morgan fingerprint density at radius 1 is 1.19 bits per heavy atom. The topological polar surface area (TPSA) is 89.9 Å². The number of hydrogen-bond donors (Lipinski definition) is 2. The summed E-state index contributed by atoms with van der Waals surface area (Å²) in [6.07, 6.45) is 0.794. The second-order valence-corrected chi connectivity index (χ2v) is 9.35. The smallest absolute Gasteiger partial charge is 0.277 e. The van der Waals surface area contributed by atoms with Gasteiger partial charge in [-0.2, -0.15) is 0 Å². The molecule has 2 aromatic carbocycles. The van der Waals surface area contributed by atoms with E-state index in [9.17, 15) is 19.5 Å². The van der Waals surface area contributed by atoms with Crippen LogP contribution in [0.15, 0.2) is 61.2 Å². The van der Waals surface area contributed by atoms with Gasteiger partial charge in [0.2, 0.25) is 11.6 Å². The first kappa shape index (κ1) is 20.5. The van der Waals surface area contributed by atoms with Gasteiger partial charge in [0.1, 0.15) is 6.17 Å². The maximum absolute atomic E-state index is 13.9. The molecule has 3 atom stereocenters. The van der Waals surface area contributed by atoms with Crippen LogP contribution in [-0.4, -0.2) is 39.6 Å². The third-order valence-electron chi connectivity index (χ3n) is 7.49. The van der Waals surface area contributed by atoms with E-state index in [0.29, 0.717) is 11.4 Å². The van der Waals surface area contributed by atoms with Gasteiger partial charge in [-0.05, 0) is 29.2 Å². The van der Waals surface area contributed by atoms with Gasteiger partial charge in [-0.15, -0.1) is 6.58 Å². The molecule has 3 aliphatic rings. The van der Waals surface area contributed by atoms with E-state index in [0.717, 1.165) is 5.56 Å². The van der Waals surface area contributed by atoms with E-state index in [1.165, 1.54) is 16.7 Å². The largest absolute Gasteiger partial charge is 0.363 e. The number of amides is 3. The zero-order chi connectivity index (χ0) is 23.1. The number of benzene rings is 2. The number of nitrogens with zero attached hydrogens (tertiary/aromatic N) is 2. The number of hydrogen-bond acceptors (Lipinski definition) is 4. The highest BCUT2D eigenvalue weighted by molar-refractivity contribution is 6.12. The fourth-order valence-corrected chi connectivity index (χ4v) is 5.78. The lowest BCUT2D eigenvalue weighted by Crippen LogP contribution is -2.61. The molecule has 2 N–H and O–H groups in total. The minimum Gasteiger partial charge on any atom is -0.363 e. The molecule has 5 rings (SSSR count). The Labute approximate surface area is 186 Å². The van der Waals surface area contributed by atoms with Gasteiger partial charge in [0.15, 0.2) is 0 Å². The quantitative estimate of drug-likeness (QED) is 0.716. The van der Waals surface area contributed by atoms with Gasteiger partial charge in [-0.25, -0.2) is 0 Å². The van der Waals surface area contributed by atoms with Crippen LogP contribution in [0.2, 0.25) is 0 Å². The van der Waals surface area contributed by atoms with E-state index in [1.807, 2.05) is 38.1 Å². The van der Waals surface area contributed by atoms with Crippen molar-refractivity contribution in [3.05, 3.63) is 72.3 Å². The molecular formula is C25H25N3O4. The number of rotatable bonds is 2. The summed E-state index contributed by atoms with van der Waals surface area (Å²) in [6, 6.07) is 14.1. The van der Waals surface area contributed by atoms with E-state index in [4.69, 9.17) is 0 Å². The van der Waals surface area contributed by atoms with Crippen molar-refractivity contribution in [3.63, 3.8) is 0 Å². The van der Waals surface area contributed by atoms with Crippen LogP contribution in [0.25, 0.3) is 0 Å². The van der Waals surface area contributed by atoms with Crippen LogP contribution in [0.1, 0.15) is 43.1 Å². The normalized spacial score (nSPS) is 28.3. The fourth-order valence-electron chi connectivity index (χ4n) is 5.78. The van der Waals surface area contributed by atoms with Crippen LogP contribution < -0.4 is 10.2 Å². The Morgan fingerprint density at radius 3 is 2.53 bits per heavy atom. The highest BCUT2D eigenvalue weighted by Gasteiger charge is 2.74. The minimum absolute atomic E-state index is 0.0734. The number of fused-ring (bicyclic) bond motifs is 6. The molecule has 0 saturated carbocycles. The van der Waals surface area contributed by atoms with E-state index >= 15 is 0 Å². The molecule has 0 aliphatic carbocycles. The summed E-state index contributed by atoms with van der Waals surface area (Å²) in [5, 5.41) is 14.6. The summed E-state index contributed by atoms with van der Waals surface area (Å²) in [5.74, 6) is -1.48. The van der Waals surface area contributed by atoms with Crippen molar-refractivity contribution in [2.24, 2.45) is 5.41 Å². The number of carbonyl (C=O) groups excluding carboxylic acids is 3. The lowest BCUT2D eigenvalue weighted by atomic mass is 9.60. The SMILES string of the molecule is C=CC(C)(C)C12CC3(O)C(=O)Nc4ccccc4C(=O)N3C1N(C(C)=O)c1ccccc12. The van der Waals surface area contributed by atoms with Gasteiger partial charge < -0.3 is 10.4 Å². The Morgan fingerprint density at radius 2 is 1.84 bits per heavy atom. The monoisotopic (exact) mass is 431 g/mol. The van der Waals surface area contributed by atoms with Gasteiger partial charge in [0, 0.05) is 19.0 Å². The molecular weight excluding hydrogens is 406 g/mol. The molecule has 32 heavy (non-hydrogen) atoms. The van der Waals surface area contributed by atoms with Crippen molar-refractivity contribution in [1.29, 1.82) is 0 Å². The zero-order valence-electron chi connectivity index (χ0n) is 18.3. The Kier molecular flexibility index (Phi) is 4.02. The summed E-state index contributed by atoms with van der Waals surface area (Å²) < 4.78 is 0. The predicted molar refractivity (Wildman–Crippen MR) is 120 cm³/mol. The molecule has 3 aliphatic heterocycles. The molecule has 0 radical (unpaired) electrons. The summed E-state index contributed by atoms with van der Waals surface area (Å²) in [7, 11) is 0. The molecule has 0 spiro atoms. The summed E-state index contributed by atoms with van der Waals surface area (Å²) >= 11 is 0. The highest BCUT2D eigenvalue weighted by atomic mass is 16.3. The second kappa shape index (κ2) is 6.29. The van der Waals surface area contributed by atoms with Crippen molar-refractivity contribution in [2.45, 2.75) is 44.5 Å². The fraction of sp³-hybridized carbons (Fsp3) is 0.320. The van der Waals surface area contributed by atoms with Crippen LogP contribution in [0.4, 0.5) is 11.4 Å². The Bertz CT molecular complexity index is 1210. The number of carbonyl (C=O) groups is 3. The average molecular weight is 431 g/mol. The third kappa shape index (κ3) is 2.21. The van der Waals surface area contributed by atoms with E-state index in [2.05, 4.69) is 11.9 Å². The summed E-state index contributed by atoms with van der Waals surface area (Å²) in [4.78, 5) is 43.1. The molecule has 3 unspecified atom stereocenters. The van der Waals surface area contributed by atoms with E-state index in [-0.39, 0.29) is 17.9 Å². The maximum atomic E-state index is 13.9. The lowest BCUT2D eigenvalue weighted by molar-refractivity contribution is -0.148. The van der Waals surface area contributed by atoms with Crippen LogP contribution in [0.3, 0.4) is 0 Å². The minimum atomic E-state index is -2.15. The summed E-state index contributed by atoms with van der Waals surface area (Å²) in [5.41, 5.74) is -1.70. The van der Waals surface area contributed by atoms with E-state index in [1.54, 1.807) is 30.3 Å².